The van der Waals surface area contributed by atoms with Crippen molar-refractivity contribution in [1.29, 1.82) is 0 Å². The van der Waals surface area contributed by atoms with Crippen molar-refractivity contribution in [3.63, 3.8) is 0 Å². The molecule has 0 saturated heterocycles. The molecule has 0 saturated carbocycles. The molecule has 4 heterocycles. The number of imidazole rings is 1. The van der Waals surface area contributed by atoms with Gasteiger partial charge in [0.05, 0.1) is 6.20 Å². The summed E-state index contributed by atoms with van der Waals surface area (Å²) in [5.74, 6) is -0.907. The number of hydrogen-bond donors (Lipinski definition) is 3. The smallest absolute Gasteiger partial charge is 0.475 e. The lowest BCUT2D eigenvalue weighted by Gasteiger charge is -2.19. The molecule has 3 aromatic rings. The number of fused-ring (bicyclic) bond motifs is 1. The largest absolute Gasteiger partial charge is 0.490 e. The van der Waals surface area contributed by atoms with Gasteiger partial charge in [-0.1, -0.05) is 5.16 Å². The van der Waals surface area contributed by atoms with Crippen LogP contribution in [0.4, 0.5) is 13.2 Å². The normalized spacial score (nSPS) is 13.4. The molecular formula is C17H17F3N6O3. The van der Waals surface area contributed by atoms with Crippen molar-refractivity contribution in [3.05, 3.63) is 35.0 Å². The van der Waals surface area contributed by atoms with Gasteiger partial charge >= 0.3 is 12.1 Å². The summed E-state index contributed by atoms with van der Waals surface area (Å²) in [5, 5.41) is 14.6. The average molecular weight is 410 g/mol. The summed E-state index contributed by atoms with van der Waals surface area (Å²) in [5.41, 5.74) is 5.11. The number of aromatic amines is 1. The van der Waals surface area contributed by atoms with Gasteiger partial charge in [-0.15, -0.1) is 0 Å². The van der Waals surface area contributed by atoms with E-state index in [1.54, 1.807) is 6.20 Å². The Bertz CT molecular complexity index is 1030. The number of hydrogen-bond acceptors (Lipinski definition) is 7. The minimum absolute atomic E-state index is 0.446. The van der Waals surface area contributed by atoms with E-state index in [0.29, 0.717) is 11.7 Å². The van der Waals surface area contributed by atoms with Gasteiger partial charge in [0.1, 0.15) is 11.5 Å². The Morgan fingerprint density at radius 3 is 2.59 bits per heavy atom. The van der Waals surface area contributed by atoms with Gasteiger partial charge < -0.3 is 19.9 Å². The highest BCUT2D eigenvalue weighted by atomic mass is 19.4. The first-order valence-corrected chi connectivity index (χ1v) is 8.51. The van der Waals surface area contributed by atoms with Gasteiger partial charge in [-0.25, -0.2) is 9.78 Å². The van der Waals surface area contributed by atoms with E-state index in [-0.39, 0.29) is 0 Å². The van der Waals surface area contributed by atoms with Crippen molar-refractivity contribution in [2.24, 2.45) is 0 Å². The number of aliphatic carboxylic acids is 1. The summed E-state index contributed by atoms with van der Waals surface area (Å²) >= 11 is 0. The highest BCUT2D eigenvalue weighted by Crippen LogP contribution is 2.29. The molecule has 154 valence electrons. The summed E-state index contributed by atoms with van der Waals surface area (Å²) in [6, 6.07) is 0. The van der Waals surface area contributed by atoms with Crippen LogP contribution in [0.3, 0.4) is 0 Å². The SMILES string of the molecule is Cc1ncc(-c2nc(-c3c(C)ncc4c3CCNC4)no2)[nH]1.O=C(O)C(F)(F)F. The third-order valence-corrected chi connectivity index (χ3v) is 4.16. The van der Waals surface area contributed by atoms with Crippen LogP contribution in [0.15, 0.2) is 16.9 Å². The summed E-state index contributed by atoms with van der Waals surface area (Å²) in [6.07, 6.45) is -0.511. The number of pyridine rings is 1. The molecule has 3 N–H and O–H groups in total. The molecule has 29 heavy (non-hydrogen) atoms. The number of carbonyl (C=O) groups is 1. The second-order valence-electron chi connectivity index (χ2n) is 6.26. The van der Waals surface area contributed by atoms with Crippen molar-refractivity contribution >= 4 is 5.97 Å². The number of H-pyrrole nitrogens is 1. The second kappa shape index (κ2) is 7.99. The van der Waals surface area contributed by atoms with Crippen molar-refractivity contribution in [2.45, 2.75) is 33.0 Å². The van der Waals surface area contributed by atoms with Crippen molar-refractivity contribution in [3.8, 4) is 23.0 Å². The predicted octanol–water partition coefficient (Wildman–Crippen LogP) is 2.42. The number of halogens is 3. The van der Waals surface area contributed by atoms with E-state index < -0.39 is 12.1 Å². The first-order valence-electron chi connectivity index (χ1n) is 8.51. The maximum absolute atomic E-state index is 10.6. The Balaban J connectivity index is 0.000000298. The second-order valence-corrected chi connectivity index (χ2v) is 6.26. The lowest BCUT2D eigenvalue weighted by molar-refractivity contribution is -0.192. The van der Waals surface area contributed by atoms with E-state index in [9.17, 15) is 13.2 Å². The molecule has 0 unspecified atom stereocenters. The Morgan fingerprint density at radius 2 is 1.97 bits per heavy atom. The lowest BCUT2D eigenvalue weighted by atomic mass is 9.95. The first kappa shape index (κ1) is 20.5. The average Bonchev–Trinajstić information content (AvgIpc) is 3.30. The van der Waals surface area contributed by atoms with Crippen LogP contribution in [0.25, 0.3) is 23.0 Å². The van der Waals surface area contributed by atoms with Crippen molar-refractivity contribution < 1.29 is 27.6 Å². The number of nitrogens with zero attached hydrogens (tertiary/aromatic N) is 4. The quantitative estimate of drug-likeness (QED) is 0.587. The van der Waals surface area contributed by atoms with Gasteiger partial charge in [-0.2, -0.15) is 18.2 Å². The molecule has 0 amide bonds. The number of carboxylic acid groups (broad SMARTS) is 1. The highest BCUT2D eigenvalue weighted by Gasteiger charge is 2.38. The number of alkyl halides is 3. The van der Waals surface area contributed by atoms with Gasteiger partial charge in [0.2, 0.25) is 5.82 Å². The standard InChI is InChI=1S/C15H16N6O.C2HF3O2/c1-8-13(11-3-4-16-5-10(11)6-17-8)14-20-15(22-21-14)12-7-18-9(2)19-12;3-2(4,5)1(6)7/h6-7,16H,3-5H2,1-2H3,(H,18,19);(H,6,7). The van der Waals surface area contributed by atoms with Crippen molar-refractivity contribution in [2.75, 3.05) is 6.54 Å². The fourth-order valence-corrected chi connectivity index (χ4v) is 2.83. The molecular weight excluding hydrogens is 393 g/mol. The molecule has 9 nitrogen and oxygen atoms in total. The molecule has 12 heteroatoms. The molecule has 1 aliphatic heterocycles. The first-order chi connectivity index (χ1) is 13.7. The van der Waals surface area contributed by atoms with Crippen LogP contribution < -0.4 is 5.32 Å². The number of aryl methyl sites for hydroxylation is 2. The maximum atomic E-state index is 10.6. The zero-order valence-electron chi connectivity index (χ0n) is 15.5. The van der Waals surface area contributed by atoms with Crippen LogP contribution in [-0.2, 0) is 17.8 Å². The van der Waals surface area contributed by atoms with E-state index in [2.05, 4.69) is 30.4 Å². The Kier molecular flexibility index (Phi) is 5.64. The molecule has 0 aromatic carbocycles. The zero-order valence-corrected chi connectivity index (χ0v) is 15.5. The fourth-order valence-electron chi connectivity index (χ4n) is 2.83. The Morgan fingerprint density at radius 1 is 1.24 bits per heavy atom. The molecule has 3 aromatic heterocycles. The van der Waals surface area contributed by atoms with E-state index in [4.69, 9.17) is 14.4 Å². The number of rotatable bonds is 2. The molecule has 1 aliphatic rings. The van der Waals surface area contributed by atoms with Gasteiger partial charge in [0, 0.05) is 24.0 Å². The van der Waals surface area contributed by atoms with Gasteiger partial charge in [-0.05, 0) is 37.9 Å². The van der Waals surface area contributed by atoms with Crippen LogP contribution in [0.2, 0.25) is 0 Å². The maximum Gasteiger partial charge on any atom is 0.490 e. The molecule has 0 aliphatic carbocycles. The van der Waals surface area contributed by atoms with Gasteiger partial charge in [-0.3, -0.25) is 4.98 Å². The topological polar surface area (TPSA) is 130 Å². The lowest BCUT2D eigenvalue weighted by Crippen LogP contribution is -2.24. The number of carboxylic acids is 1. The Labute approximate surface area is 162 Å². The van der Waals surface area contributed by atoms with Crippen LogP contribution >= 0.6 is 0 Å². The molecule has 0 bridgehead atoms. The summed E-state index contributed by atoms with van der Waals surface area (Å²) in [6.45, 7) is 5.65. The van der Waals surface area contributed by atoms with Crippen LogP contribution in [0.5, 0.6) is 0 Å². The van der Waals surface area contributed by atoms with Crippen molar-refractivity contribution in [1.82, 2.24) is 30.4 Å². The van der Waals surface area contributed by atoms with Gasteiger partial charge in [0.25, 0.3) is 5.89 Å². The van der Waals surface area contributed by atoms with E-state index in [1.807, 2.05) is 20.0 Å². The molecule has 0 atom stereocenters. The number of aromatic nitrogens is 5. The van der Waals surface area contributed by atoms with Crippen LogP contribution in [-0.4, -0.2) is 48.9 Å². The minimum atomic E-state index is -5.08. The van der Waals surface area contributed by atoms with E-state index >= 15 is 0 Å². The monoisotopic (exact) mass is 410 g/mol. The summed E-state index contributed by atoms with van der Waals surface area (Å²) in [4.78, 5) is 25.2. The summed E-state index contributed by atoms with van der Waals surface area (Å²) < 4.78 is 37.1. The third-order valence-electron chi connectivity index (χ3n) is 4.16. The van der Waals surface area contributed by atoms with Gasteiger partial charge in [0.15, 0.2) is 0 Å². The fraction of sp³-hybridized carbons (Fsp3) is 0.353. The van der Waals surface area contributed by atoms with E-state index in [1.165, 1.54) is 11.1 Å². The molecule has 0 radical (unpaired) electrons. The third kappa shape index (κ3) is 4.59. The highest BCUT2D eigenvalue weighted by molar-refractivity contribution is 5.73. The minimum Gasteiger partial charge on any atom is -0.475 e. The zero-order chi connectivity index (χ0) is 21.2. The Hall–Kier alpha value is -3.28. The number of nitrogens with one attached hydrogen (secondary N) is 2. The van der Waals surface area contributed by atoms with Crippen LogP contribution in [0, 0.1) is 13.8 Å². The molecule has 4 rings (SSSR count). The molecule has 0 spiro atoms. The van der Waals surface area contributed by atoms with E-state index in [0.717, 1.165) is 42.3 Å². The summed E-state index contributed by atoms with van der Waals surface area (Å²) in [7, 11) is 0. The van der Waals surface area contributed by atoms with Crippen LogP contribution in [0.1, 0.15) is 22.6 Å². The molecule has 0 fully saturated rings. The predicted molar refractivity (Wildman–Crippen MR) is 93.7 cm³/mol.